The van der Waals surface area contributed by atoms with Gasteiger partial charge in [-0.2, -0.15) is 5.26 Å². The van der Waals surface area contributed by atoms with Gasteiger partial charge in [-0.25, -0.2) is 0 Å². The highest BCUT2D eigenvalue weighted by Crippen LogP contribution is 2.47. The maximum Gasteiger partial charge on any atom is 0.205 e. The van der Waals surface area contributed by atoms with Gasteiger partial charge in [-0.15, -0.1) is 0 Å². The molecular formula is C17H17N3O2. The first-order valence-electron chi connectivity index (χ1n) is 7.25. The summed E-state index contributed by atoms with van der Waals surface area (Å²) >= 11 is 0. The largest absolute Gasteiger partial charge is 0.446 e. The highest BCUT2D eigenvalue weighted by Gasteiger charge is 2.46. The fraction of sp³-hybridized carbons (Fsp3) is 0.412. The minimum absolute atomic E-state index is 0.0146. The van der Waals surface area contributed by atoms with Crippen LogP contribution in [0.1, 0.15) is 38.2 Å². The monoisotopic (exact) mass is 295 g/mol. The van der Waals surface area contributed by atoms with Gasteiger partial charge in [0.15, 0.2) is 5.78 Å². The van der Waals surface area contributed by atoms with Gasteiger partial charge in [-0.3, -0.25) is 15.2 Å². The predicted octanol–water partition coefficient (Wildman–Crippen LogP) is 2.96. The number of hydrogen-bond acceptors (Lipinski definition) is 5. The Morgan fingerprint density at radius 2 is 2.05 bits per heavy atom. The summed E-state index contributed by atoms with van der Waals surface area (Å²) in [6, 6.07) is 5.71. The van der Waals surface area contributed by atoms with E-state index in [4.69, 9.17) is 10.1 Å². The average Bonchev–Trinajstić information content (AvgIpc) is 2.45. The predicted molar refractivity (Wildman–Crippen MR) is 79.9 cm³/mol. The van der Waals surface area contributed by atoms with E-state index in [-0.39, 0.29) is 17.1 Å². The molecule has 5 heteroatoms. The molecule has 112 valence electrons. The van der Waals surface area contributed by atoms with Crippen LogP contribution >= 0.6 is 0 Å². The van der Waals surface area contributed by atoms with Gasteiger partial charge < -0.3 is 4.74 Å². The van der Waals surface area contributed by atoms with Gasteiger partial charge in [0.25, 0.3) is 0 Å². The number of Topliss-reactive ketones (excluding diaryl/α,β-unsaturated/α-hetero) is 1. The van der Waals surface area contributed by atoms with Gasteiger partial charge in [-0.05, 0) is 23.1 Å². The molecule has 2 atom stereocenters. The third-order valence-electron chi connectivity index (χ3n) is 4.24. The molecule has 2 unspecified atom stereocenters. The highest BCUT2D eigenvalue weighted by atomic mass is 16.5. The first kappa shape index (κ1) is 14.5. The molecular weight excluding hydrogens is 278 g/mol. The maximum atomic E-state index is 12.7. The van der Waals surface area contributed by atoms with E-state index in [1.807, 2.05) is 13.8 Å². The molecule has 5 nitrogen and oxygen atoms in total. The van der Waals surface area contributed by atoms with Gasteiger partial charge >= 0.3 is 0 Å². The van der Waals surface area contributed by atoms with Gasteiger partial charge in [-0.1, -0.05) is 13.8 Å². The third kappa shape index (κ3) is 2.31. The fourth-order valence-corrected chi connectivity index (χ4v) is 3.29. The van der Waals surface area contributed by atoms with Crippen LogP contribution in [0.4, 0.5) is 0 Å². The number of allylic oxidation sites excluding steroid dienone is 2. The van der Waals surface area contributed by atoms with Crippen LogP contribution in [0, 0.1) is 28.1 Å². The van der Waals surface area contributed by atoms with E-state index < -0.39 is 11.8 Å². The fourth-order valence-electron chi connectivity index (χ4n) is 3.29. The maximum absolute atomic E-state index is 12.7. The molecule has 1 N–H and O–H groups in total. The van der Waals surface area contributed by atoms with Crippen LogP contribution in [0.3, 0.4) is 0 Å². The van der Waals surface area contributed by atoms with Crippen LogP contribution in [-0.2, 0) is 9.53 Å². The number of ether oxygens (including phenoxy) is 1. The lowest BCUT2D eigenvalue weighted by atomic mass is 9.68. The lowest BCUT2D eigenvalue weighted by Crippen LogP contribution is -2.38. The van der Waals surface area contributed by atoms with Crippen molar-refractivity contribution in [3.05, 3.63) is 41.4 Å². The van der Waals surface area contributed by atoms with Crippen LogP contribution in [-0.4, -0.2) is 16.7 Å². The van der Waals surface area contributed by atoms with E-state index in [1.165, 1.54) is 0 Å². The quantitative estimate of drug-likeness (QED) is 0.862. The summed E-state index contributed by atoms with van der Waals surface area (Å²) in [6.07, 6.45) is 4.32. The molecule has 3 rings (SSSR count). The van der Waals surface area contributed by atoms with E-state index in [0.717, 1.165) is 5.56 Å². The molecule has 1 aromatic rings. The minimum Gasteiger partial charge on any atom is -0.446 e. The van der Waals surface area contributed by atoms with Crippen LogP contribution in [0.15, 0.2) is 35.9 Å². The summed E-state index contributed by atoms with van der Waals surface area (Å²) in [5, 5.41) is 17.5. The van der Waals surface area contributed by atoms with Gasteiger partial charge in [0, 0.05) is 36.7 Å². The Hall–Kier alpha value is -2.48. The summed E-state index contributed by atoms with van der Waals surface area (Å²) in [4.78, 5) is 16.7. The Balaban J connectivity index is 2.17. The average molecular weight is 295 g/mol. The summed E-state index contributed by atoms with van der Waals surface area (Å²) in [5.74, 6) is -0.715. The van der Waals surface area contributed by atoms with E-state index >= 15 is 0 Å². The van der Waals surface area contributed by atoms with Crippen LogP contribution < -0.4 is 0 Å². The van der Waals surface area contributed by atoms with Gasteiger partial charge in [0.05, 0.1) is 6.07 Å². The minimum atomic E-state index is -0.772. The Bertz CT molecular complexity index is 713. The van der Waals surface area contributed by atoms with Crippen LogP contribution in [0.5, 0.6) is 0 Å². The number of hydrogen-bond donors (Lipinski definition) is 1. The van der Waals surface area contributed by atoms with Crippen molar-refractivity contribution in [2.45, 2.75) is 32.6 Å². The Kier molecular flexibility index (Phi) is 3.32. The van der Waals surface area contributed by atoms with Crippen molar-refractivity contribution in [3.63, 3.8) is 0 Å². The first-order chi connectivity index (χ1) is 10.4. The van der Waals surface area contributed by atoms with Crippen molar-refractivity contribution < 1.29 is 9.53 Å². The number of pyridine rings is 1. The third-order valence-corrected chi connectivity index (χ3v) is 4.24. The number of carbonyl (C=O) groups excluding carboxylic acids is 1. The Labute approximate surface area is 129 Å². The zero-order chi connectivity index (χ0) is 15.9. The van der Waals surface area contributed by atoms with E-state index in [2.05, 4.69) is 11.1 Å². The summed E-state index contributed by atoms with van der Waals surface area (Å²) in [6.45, 7) is 4.03. The van der Waals surface area contributed by atoms with Crippen LogP contribution in [0.2, 0.25) is 0 Å². The van der Waals surface area contributed by atoms with Gasteiger partial charge in [0.2, 0.25) is 5.90 Å². The van der Waals surface area contributed by atoms with Crippen molar-refractivity contribution in [1.29, 1.82) is 10.7 Å². The lowest BCUT2D eigenvalue weighted by molar-refractivity contribution is -0.119. The molecule has 0 radical (unpaired) electrons. The molecule has 2 heterocycles. The Morgan fingerprint density at radius 3 is 2.68 bits per heavy atom. The van der Waals surface area contributed by atoms with Crippen LogP contribution in [0.25, 0.3) is 0 Å². The summed E-state index contributed by atoms with van der Waals surface area (Å²) < 4.78 is 5.56. The highest BCUT2D eigenvalue weighted by molar-refractivity contribution is 6.01. The standard InChI is InChI=1S/C17H17N3O2/c1-17(2)7-12(21)15-13(8-17)22-16(19)11(9-18)14(15)10-3-5-20-6-4-10/h3-6,11,14,19H,7-8H2,1-2H3. The second-order valence-electron chi connectivity index (χ2n) is 6.61. The second-order valence-corrected chi connectivity index (χ2v) is 6.61. The lowest BCUT2D eigenvalue weighted by Gasteiger charge is -2.39. The zero-order valence-corrected chi connectivity index (χ0v) is 12.6. The van der Waals surface area contributed by atoms with Crippen molar-refractivity contribution in [2.75, 3.05) is 0 Å². The second kappa shape index (κ2) is 5.06. The van der Waals surface area contributed by atoms with E-state index in [1.54, 1.807) is 24.5 Å². The number of nitrogens with zero attached hydrogens (tertiary/aromatic N) is 2. The number of carbonyl (C=O) groups is 1. The van der Waals surface area contributed by atoms with Gasteiger partial charge in [0.1, 0.15) is 11.7 Å². The SMILES string of the molecule is CC1(C)CC(=O)C2=C(C1)OC(=N)C(C#N)C2c1ccncc1. The van der Waals surface area contributed by atoms with Crippen molar-refractivity contribution >= 4 is 11.7 Å². The molecule has 1 aliphatic heterocycles. The molecule has 0 saturated carbocycles. The smallest absolute Gasteiger partial charge is 0.205 e. The normalized spacial score (nSPS) is 27.0. The zero-order valence-electron chi connectivity index (χ0n) is 12.6. The molecule has 0 aromatic carbocycles. The molecule has 1 aliphatic carbocycles. The Morgan fingerprint density at radius 1 is 1.36 bits per heavy atom. The molecule has 1 aromatic heterocycles. The summed E-state index contributed by atoms with van der Waals surface area (Å²) in [7, 11) is 0. The van der Waals surface area contributed by atoms with E-state index in [0.29, 0.717) is 24.2 Å². The number of rotatable bonds is 1. The molecule has 0 fully saturated rings. The van der Waals surface area contributed by atoms with Crippen molar-refractivity contribution in [1.82, 2.24) is 4.98 Å². The van der Waals surface area contributed by atoms with E-state index in [9.17, 15) is 10.1 Å². The molecule has 0 spiro atoms. The first-order valence-corrected chi connectivity index (χ1v) is 7.25. The number of ketones is 1. The molecule has 22 heavy (non-hydrogen) atoms. The van der Waals surface area contributed by atoms with Crippen molar-refractivity contribution in [3.8, 4) is 6.07 Å². The molecule has 0 amide bonds. The topological polar surface area (TPSA) is 86.8 Å². The number of aromatic nitrogens is 1. The summed E-state index contributed by atoms with van der Waals surface area (Å²) in [5.41, 5.74) is 1.21. The molecule has 2 aliphatic rings. The number of nitrogens with one attached hydrogen (secondary N) is 1. The molecule has 0 bridgehead atoms. The number of nitriles is 1. The van der Waals surface area contributed by atoms with Crippen molar-refractivity contribution in [2.24, 2.45) is 11.3 Å². The molecule has 0 saturated heterocycles.